The number of fused-ring (bicyclic) bond motifs is 1. The first kappa shape index (κ1) is 23.7. The van der Waals surface area contributed by atoms with E-state index in [0.29, 0.717) is 65.8 Å². The van der Waals surface area contributed by atoms with Crippen LogP contribution in [-0.4, -0.2) is 73.2 Å². The van der Waals surface area contributed by atoms with E-state index in [9.17, 15) is 13.2 Å². The van der Waals surface area contributed by atoms with Crippen LogP contribution >= 0.6 is 0 Å². The maximum Gasteiger partial charge on any atom is 0.243 e. The van der Waals surface area contributed by atoms with Gasteiger partial charge in [0.1, 0.15) is 11.5 Å². The van der Waals surface area contributed by atoms with Gasteiger partial charge in [-0.3, -0.25) is 9.79 Å². The van der Waals surface area contributed by atoms with Gasteiger partial charge in [0.05, 0.1) is 29.4 Å². The van der Waals surface area contributed by atoms with Crippen molar-refractivity contribution in [2.45, 2.75) is 18.2 Å². The first-order valence-corrected chi connectivity index (χ1v) is 12.2. The monoisotopic (exact) mass is 482 g/mol. The summed E-state index contributed by atoms with van der Waals surface area (Å²) in [6.07, 6.45) is 1.78. The van der Waals surface area contributed by atoms with Crippen LogP contribution in [0.25, 0.3) is 11.0 Å². The largest absolute Gasteiger partial charge is 0.379 e. The maximum absolute atomic E-state index is 12.9. The maximum atomic E-state index is 12.9. The van der Waals surface area contributed by atoms with Gasteiger partial charge in [0.15, 0.2) is 0 Å². The standard InChI is InChI=1S/C23H26N6O4S/c1-15(24)12-20(25-2)22(30)19-14-26-23-18(19)6-7-21(28-23)27-16-4-3-5-17(13-16)34(31,32)29-8-10-33-11-9-29/h3-7,13-14,24H,8-12H2,1-2H3,(H2,26,27,28). The van der Waals surface area contributed by atoms with Gasteiger partial charge in [-0.25, -0.2) is 13.4 Å². The number of benzene rings is 1. The topological polar surface area (TPSA) is 141 Å². The molecule has 3 aromatic rings. The molecule has 3 N–H and O–H groups in total. The molecule has 0 atom stereocenters. The highest BCUT2D eigenvalue weighted by molar-refractivity contribution is 7.89. The summed E-state index contributed by atoms with van der Waals surface area (Å²) in [4.78, 5) is 24.6. The summed E-state index contributed by atoms with van der Waals surface area (Å²) in [6.45, 7) is 3.06. The summed E-state index contributed by atoms with van der Waals surface area (Å²) in [5, 5.41) is 11.4. The van der Waals surface area contributed by atoms with Gasteiger partial charge in [-0.1, -0.05) is 6.07 Å². The Hall–Kier alpha value is -3.41. The number of morpholine rings is 1. The number of pyridine rings is 1. The zero-order chi connectivity index (χ0) is 24.3. The molecule has 0 radical (unpaired) electrons. The van der Waals surface area contributed by atoms with Crippen LogP contribution in [0.5, 0.6) is 0 Å². The first-order valence-electron chi connectivity index (χ1n) is 10.8. The van der Waals surface area contributed by atoms with Gasteiger partial charge in [-0.05, 0) is 37.3 Å². The molecule has 0 bridgehead atoms. The van der Waals surface area contributed by atoms with Crippen LogP contribution in [0.1, 0.15) is 23.7 Å². The number of sulfonamides is 1. The SMILES string of the molecule is CN=C(CC(C)=N)C(=O)c1c[nH]c2nc(Nc3cccc(S(=O)(=O)N4CCOCC4)c3)ccc12. The van der Waals surface area contributed by atoms with Crippen LogP contribution in [0.2, 0.25) is 0 Å². The molecule has 11 heteroatoms. The number of nitrogens with zero attached hydrogens (tertiary/aromatic N) is 3. The predicted molar refractivity (Wildman–Crippen MR) is 131 cm³/mol. The third kappa shape index (κ3) is 4.91. The number of aromatic amines is 1. The summed E-state index contributed by atoms with van der Waals surface area (Å²) in [5.74, 6) is 0.248. The van der Waals surface area contributed by atoms with E-state index in [0.717, 1.165) is 0 Å². The zero-order valence-corrected chi connectivity index (χ0v) is 19.8. The van der Waals surface area contributed by atoms with Crippen molar-refractivity contribution >= 4 is 49.8 Å². The lowest BCUT2D eigenvalue weighted by atomic mass is 10.0. The van der Waals surface area contributed by atoms with E-state index in [4.69, 9.17) is 10.1 Å². The van der Waals surface area contributed by atoms with Crippen molar-refractivity contribution in [3.8, 4) is 0 Å². The number of H-pyrrole nitrogens is 1. The van der Waals surface area contributed by atoms with Crippen molar-refractivity contribution in [3.05, 3.63) is 48.2 Å². The predicted octanol–water partition coefficient (Wildman–Crippen LogP) is 3.01. The quantitative estimate of drug-likeness (QED) is 0.333. The number of hydrogen-bond donors (Lipinski definition) is 3. The van der Waals surface area contributed by atoms with Gasteiger partial charge < -0.3 is 20.4 Å². The van der Waals surface area contributed by atoms with Gasteiger partial charge in [0, 0.05) is 49.5 Å². The number of carbonyl (C=O) groups excluding carboxylic acids is 1. The van der Waals surface area contributed by atoms with Gasteiger partial charge in [0.25, 0.3) is 0 Å². The van der Waals surface area contributed by atoms with Crippen molar-refractivity contribution in [2.75, 3.05) is 38.7 Å². The van der Waals surface area contributed by atoms with Crippen LogP contribution in [0.3, 0.4) is 0 Å². The van der Waals surface area contributed by atoms with E-state index in [1.807, 2.05) is 0 Å². The second-order valence-corrected chi connectivity index (χ2v) is 9.86. The van der Waals surface area contributed by atoms with Gasteiger partial charge >= 0.3 is 0 Å². The Bertz CT molecular complexity index is 1370. The minimum absolute atomic E-state index is 0.193. The van der Waals surface area contributed by atoms with E-state index in [1.54, 1.807) is 56.6 Å². The molecule has 34 heavy (non-hydrogen) atoms. The van der Waals surface area contributed by atoms with Crippen molar-refractivity contribution in [3.63, 3.8) is 0 Å². The average Bonchev–Trinajstić information content (AvgIpc) is 3.26. The van der Waals surface area contributed by atoms with Gasteiger partial charge in [-0.2, -0.15) is 4.31 Å². The van der Waals surface area contributed by atoms with Crippen LogP contribution in [0, 0.1) is 5.41 Å². The fraction of sp³-hybridized carbons (Fsp3) is 0.304. The Labute approximate surface area is 197 Å². The molecule has 4 rings (SSSR count). The van der Waals surface area contributed by atoms with Crippen LogP contribution in [0.4, 0.5) is 11.5 Å². The number of carbonyl (C=O) groups is 1. The van der Waals surface area contributed by atoms with Crippen molar-refractivity contribution in [1.29, 1.82) is 5.41 Å². The van der Waals surface area contributed by atoms with Crippen LogP contribution in [0.15, 0.2) is 52.5 Å². The highest BCUT2D eigenvalue weighted by atomic mass is 32.2. The number of anilines is 2. The summed E-state index contributed by atoms with van der Waals surface area (Å²) >= 11 is 0. The Balaban J connectivity index is 1.56. The number of Topliss-reactive ketones (excluding diaryl/α,β-unsaturated/α-hetero) is 1. The number of rotatable bonds is 8. The van der Waals surface area contributed by atoms with Crippen LogP contribution < -0.4 is 5.32 Å². The fourth-order valence-corrected chi connectivity index (χ4v) is 5.20. The highest BCUT2D eigenvalue weighted by Gasteiger charge is 2.26. The van der Waals surface area contributed by atoms with E-state index in [2.05, 4.69) is 20.3 Å². The van der Waals surface area contributed by atoms with E-state index in [1.165, 1.54) is 4.31 Å². The molecule has 0 unspecified atom stereocenters. The molecule has 0 aliphatic carbocycles. The number of aliphatic imine (C=N–C) groups is 1. The first-order chi connectivity index (χ1) is 16.3. The summed E-state index contributed by atoms with van der Waals surface area (Å²) < 4.78 is 32.6. The molecule has 0 amide bonds. The van der Waals surface area contributed by atoms with Crippen molar-refractivity contribution in [2.24, 2.45) is 4.99 Å². The molecule has 0 spiro atoms. The minimum Gasteiger partial charge on any atom is -0.379 e. The van der Waals surface area contributed by atoms with Crippen molar-refractivity contribution in [1.82, 2.24) is 14.3 Å². The Morgan fingerprint density at radius 1 is 1.26 bits per heavy atom. The lowest BCUT2D eigenvalue weighted by Crippen LogP contribution is -2.40. The molecule has 1 aromatic carbocycles. The number of aromatic nitrogens is 2. The molecule has 1 saturated heterocycles. The molecule has 3 heterocycles. The normalized spacial score (nSPS) is 15.4. The average molecular weight is 483 g/mol. The highest BCUT2D eigenvalue weighted by Crippen LogP contribution is 2.25. The molecular weight excluding hydrogens is 456 g/mol. The third-order valence-electron chi connectivity index (χ3n) is 5.46. The van der Waals surface area contributed by atoms with Gasteiger partial charge in [0.2, 0.25) is 15.8 Å². The minimum atomic E-state index is -3.61. The third-order valence-corrected chi connectivity index (χ3v) is 7.36. The number of ether oxygens (including phenoxy) is 1. The molecular formula is C23H26N6O4S. The Morgan fingerprint density at radius 2 is 2.03 bits per heavy atom. The second-order valence-electron chi connectivity index (χ2n) is 7.92. The Kier molecular flexibility index (Phi) is 6.87. The Morgan fingerprint density at radius 3 is 2.74 bits per heavy atom. The van der Waals surface area contributed by atoms with E-state index < -0.39 is 10.0 Å². The summed E-state index contributed by atoms with van der Waals surface area (Å²) in [6, 6.07) is 10.1. The van der Waals surface area contributed by atoms with Gasteiger partial charge in [-0.15, -0.1) is 0 Å². The molecule has 1 aliphatic heterocycles. The van der Waals surface area contributed by atoms with Crippen molar-refractivity contribution < 1.29 is 17.9 Å². The molecule has 0 saturated carbocycles. The molecule has 1 fully saturated rings. The molecule has 1 aliphatic rings. The summed E-state index contributed by atoms with van der Waals surface area (Å²) in [7, 11) is -2.07. The summed E-state index contributed by atoms with van der Waals surface area (Å²) in [5.41, 5.74) is 2.19. The number of hydrogen-bond acceptors (Lipinski definition) is 8. The second kappa shape index (κ2) is 9.84. The lowest BCUT2D eigenvalue weighted by Gasteiger charge is -2.26. The molecule has 178 valence electrons. The van der Waals surface area contributed by atoms with E-state index in [-0.39, 0.29) is 17.1 Å². The zero-order valence-electron chi connectivity index (χ0n) is 19.0. The van der Waals surface area contributed by atoms with E-state index >= 15 is 0 Å². The molecule has 10 nitrogen and oxygen atoms in total. The lowest BCUT2D eigenvalue weighted by molar-refractivity contribution is 0.0730. The van der Waals surface area contributed by atoms with Crippen LogP contribution in [-0.2, 0) is 14.8 Å². The number of nitrogens with one attached hydrogen (secondary N) is 3. The number of ketones is 1. The smallest absolute Gasteiger partial charge is 0.243 e. The fourth-order valence-electron chi connectivity index (χ4n) is 3.75. The molecule has 2 aromatic heterocycles.